The summed E-state index contributed by atoms with van der Waals surface area (Å²) in [6, 6.07) is 10.4. The fourth-order valence-corrected chi connectivity index (χ4v) is 4.35. The van der Waals surface area contributed by atoms with E-state index in [1.54, 1.807) is 6.92 Å². The third-order valence-corrected chi connectivity index (χ3v) is 5.72. The van der Waals surface area contributed by atoms with Crippen molar-refractivity contribution in [2.24, 2.45) is 0 Å². The van der Waals surface area contributed by atoms with E-state index in [1.807, 2.05) is 0 Å². The van der Waals surface area contributed by atoms with Crippen molar-refractivity contribution in [3.63, 3.8) is 0 Å². The van der Waals surface area contributed by atoms with E-state index in [4.69, 9.17) is 0 Å². The standard InChI is InChI=1S/C24H20F4N2O2/c1-13-20(23(32)30-17-10-5-4-9-16(17)25)21(22-18(29-13)11-6-12-19(22)31)14-7-2-3-8-15(14)24(26,27)28/h2-5,7-10,21,29H,6,11-12H2,1H3,(H,30,32)/t21-/m1/s1. The molecule has 166 valence electrons. The quantitative estimate of drug-likeness (QED) is 0.619. The fraction of sp³-hybridized carbons (Fsp3) is 0.250. The molecule has 1 heterocycles. The number of nitrogens with one attached hydrogen (secondary N) is 2. The number of dihydropyridines is 1. The van der Waals surface area contributed by atoms with Gasteiger partial charge in [-0.05, 0) is 43.5 Å². The van der Waals surface area contributed by atoms with Crippen LogP contribution < -0.4 is 10.6 Å². The maximum Gasteiger partial charge on any atom is 0.416 e. The smallest absolute Gasteiger partial charge is 0.362 e. The molecule has 4 nitrogen and oxygen atoms in total. The molecule has 0 saturated carbocycles. The average Bonchev–Trinajstić information content (AvgIpc) is 2.74. The molecule has 1 aliphatic carbocycles. The lowest BCUT2D eigenvalue weighted by Crippen LogP contribution is -2.36. The van der Waals surface area contributed by atoms with Crippen molar-refractivity contribution in [2.75, 3.05) is 5.32 Å². The summed E-state index contributed by atoms with van der Waals surface area (Å²) in [6.45, 7) is 1.57. The van der Waals surface area contributed by atoms with Crippen molar-refractivity contribution in [3.8, 4) is 0 Å². The van der Waals surface area contributed by atoms with Gasteiger partial charge in [-0.1, -0.05) is 30.3 Å². The number of benzene rings is 2. The summed E-state index contributed by atoms with van der Waals surface area (Å²) in [5.41, 5.74) is -0.215. The van der Waals surface area contributed by atoms with Gasteiger partial charge in [-0.25, -0.2) is 4.39 Å². The molecule has 0 bridgehead atoms. The van der Waals surface area contributed by atoms with Gasteiger partial charge in [0.15, 0.2) is 5.78 Å². The Labute approximate surface area is 182 Å². The molecule has 2 aromatic carbocycles. The molecule has 2 aliphatic rings. The van der Waals surface area contributed by atoms with Crippen LogP contribution in [0.5, 0.6) is 0 Å². The zero-order valence-corrected chi connectivity index (χ0v) is 17.1. The molecule has 32 heavy (non-hydrogen) atoms. The van der Waals surface area contributed by atoms with Crippen LogP contribution in [0.15, 0.2) is 71.1 Å². The number of alkyl halides is 3. The number of anilines is 1. The minimum Gasteiger partial charge on any atom is -0.362 e. The molecule has 0 radical (unpaired) electrons. The topological polar surface area (TPSA) is 58.2 Å². The van der Waals surface area contributed by atoms with E-state index in [2.05, 4.69) is 10.6 Å². The number of halogens is 4. The zero-order valence-electron chi connectivity index (χ0n) is 17.1. The minimum atomic E-state index is -4.68. The van der Waals surface area contributed by atoms with Gasteiger partial charge in [-0.15, -0.1) is 0 Å². The molecular weight excluding hydrogens is 424 g/mol. The first kappa shape index (κ1) is 21.8. The summed E-state index contributed by atoms with van der Waals surface area (Å²) in [4.78, 5) is 26.1. The third kappa shape index (κ3) is 3.92. The van der Waals surface area contributed by atoms with Gasteiger partial charge in [-0.3, -0.25) is 9.59 Å². The fourth-order valence-electron chi connectivity index (χ4n) is 4.35. The molecule has 1 atom stereocenters. The highest BCUT2D eigenvalue weighted by atomic mass is 19.4. The lowest BCUT2D eigenvalue weighted by molar-refractivity contribution is -0.138. The van der Waals surface area contributed by atoms with E-state index in [0.29, 0.717) is 24.2 Å². The van der Waals surface area contributed by atoms with E-state index in [-0.39, 0.29) is 34.6 Å². The van der Waals surface area contributed by atoms with Gasteiger partial charge in [0, 0.05) is 34.9 Å². The van der Waals surface area contributed by atoms with Crippen LogP contribution in [-0.2, 0) is 15.8 Å². The molecule has 4 rings (SSSR count). The van der Waals surface area contributed by atoms with Crippen molar-refractivity contribution in [3.05, 3.63) is 88.0 Å². The summed E-state index contributed by atoms with van der Waals surface area (Å²) >= 11 is 0. The van der Waals surface area contributed by atoms with Gasteiger partial charge in [0.25, 0.3) is 5.91 Å². The van der Waals surface area contributed by atoms with E-state index in [1.165, 1.54) is 36.4 Å². The van der Waals surface area contributed by atoms with Gasteiger partial charge in [-0.2, -0.15) is 13.2 Å². The number of carbonyl (C=O) groups excluding carboxylic acids is 2. The number of rotatable bonds is 3. The molecular formula is C24H20F4N2O2. The lowest BCUT2D eigenvalue weighted by Gasteiger charge is -2.35. The molecule has 0 saturated heterocycles. The van der Waals surface area contributed by atoms with Gasteiger partial charge < -0.3 is 10.6 Å². The SMILES string of the molecule is CC1=C(C(=O)Nc2ccccc2F)[C@@H](c2ccccc2C(F)(F)F)C2=C(CCCC2=O)N1. The van der Waals surface area contributed by atoms with E-state index < -0.39 is 29.4 Å². The maximum atomic E-state index is 14.1. The van der Waals surface area contributed by atoms with Crippen LogP contribution in [0.4, 0.5) is 23.2 Å². The number of ketones is 1. The van der Waals surface area contributed by atoms with Crippen LogP contribution in [0.2, 0.25) is 0 Å². The predicted octanol–water partition coefficient (Wildman–Crippen LogP) is 5.45. The first-order valence-electron chi connectivity index (χ1n) is 10.1. The van der Waals surface area contributed by atoms with E-state index in [9.17, 15) is 27.2 Å². The molecule has 0 unspecified atom stereocenters. The molecule has 1 aliphatic heterocycles. The Kier molecular flexibility index (Phi) is 5.62. The monoisotopic (exact) mass is 444 g/mol. The van der Waals surface area contributed by atoms with Crippen LogP contribution >= 0.6 is 0 Å². The number of hydrogen-bond acceptors (Lipinski definition) is 3. The van der Waals surface area contributed by atoms with Gasteiger partial charge >= 0.3 is 6.18 Å². The average molecular weight is 444 g/mol. The van der Waals surface area contributed by atoms with Crippen molar-refractivity contribution < 1.29 is 27.2 Å². The van der Waals surface area contributed by atoms with Crippen molar-refractivity contribution in [2.45, 2.75) is 38.3 Å². The Morgan fingerprint density at radius 3 is 2.47 bits per heavy atom. The van der Waals surface area contributed by atoms with Crippen LogP contribution in [0.1, 0.15) is 43.2 Å². The van der Waals surface area contributed by atoms with Crippen LogP contribution in [0.25, 0.3) is 0 Å². The summed E-state index contributed by atoms with van der Waals surface area (Å²) in [6.07, 6.45) is -3.43. The van der Waals surface area contributed by atoms with Gasteiger partial charge in [0.1, 0.15) is 5.82 Å². The number of allylic oxidation sites excluding steroid dienone is 3. The molecule has 0 aromatic heterocycles. The summed E-state index contributed by atoms with van der Waals surface area (Å²) in [7, 11) is 0. The molecule has 0 fully saturated rings. The van der Waals surface area contributed by atoms with Gasteiger partial charge in [0.05, 0.1) is 11.3 Å². The van der Waals surface area contributed by atoms with Crippen molar-refractivity contribution >= 4 is 17.4 Å². The highest BCUT2D eigenvalue weighted by Crippen LogP contribution is 2.46. The maximum absolute atomic E-state index is 14.1. The number of amides is 1. The third-order valence-electron chi connectivity index (χ3n) is 5.72. The van der Waals surface area contributed by atoms with Crippen molar-refractivity contribution in [1.29, 1.82) is 0 Å². The first-order valence-corrected chi connectivity index (χ1v) is 10.1. The Morgan fingerprint density at radius 2 is 1.75 bits per heavy atom. The number of carbonyl (C=O) groups is 2. The number of hydrogen-bond donors (Lipinski definition) is 2. The van der Waals surface area contributed by atoms with Crippen LogP contribution in [-0.4, -0.2) is 11.7 Å². The summed E-state index contributed by atoms with van der Waals surface area (Å²) in [5.74, 6) is -2.97. The lowest BCUT2D eigenvalue weighted by atomic mass is 9.73. The van der Waals surface area contributed by atoms with Crippen LogP contribution in [0, 0.1) is 5.82 Å². The van der Waals surface area contributed by atoms with E-state index >= 15 is 0 Å². The van der Waals surface area contributed by atoms with Crippen molar-refractivity contribution in [1.82, 2.24) is 5.32 Å². The Balaban J connectivity index is 1.88. The number of Topliss-reactive ketones (excluding diaryl/α,β-unsaturated/α-hetero) is 1. The second-order valence-corrected chi connectivity index (χ2v) is 7.78. The summed E-state index contributed by atoms with van der Waals surface area (Å²) < 4.78 is 55.7. The van der Waals surface area contributed by atoms with E-state index in [0.717, 1.165) is 12.1 Å². The molecule has 1 amide bonds. The summed E-state index contributed by atoms with van der Waals surface area (Å²) in [5, 5.41) is 5.49. The van der Waals surface area contributed by atoms with Crippen LogP contribution in [0.3, 0.4) is 0 Å². The molecule has 8 heteroatoms. The number of para-hydroxylation sites is 1. The highest BCUT2D eigenvalue weighted by molar-refractivity contribution is 6.09. The molecule has 0 spiro atoms. The first-order chi connectivity index (χ1) is 15.2. The highest BCUT2D eigenvalue weighted by Gasteiger charge is 2.43. The molecule has 2 N–H and O–H groups in total. The Hall–Kier alpha value is -3.42. The second kappa shape index (κ2) is 8.26. The Morgan fingerprint density at radius 1 is 1.06 bits per heavy atom. The molecule has 2 aromatic rings. The Bertz CT molecular complexity index is 1160. The zero-order chi connectivity index (χ0) is 23.0. The predicted molar refractivity (Wildman–Crippen MR) is 111 cm³/mol. The minimum absolute atomic E-state index is 0.0426. The normalized spacial score (nSPS) is 18.9. The largest absolute Gasteiger partial charge is 0.416 e. The second-order valence-electron chi connectivity index (χ2n) is 7.78. The van der Waals surface area contributed by atoms with Gasteiger partial charge in [0.2, 0.25) is 0 Å².